The number of aromatic nitrogens is 2. The average Bonchev–Trinajstić information content (AvgIpc) is 2.95. The van der Waals surface area contributed by atoms with Gasteiger partial charge in [0.2, 0.25) is 0 Å². The van der Waals surface area contributed by atoms with Crippen molar-refractivity contribution in [3.05, 3.63) is 49.8 Å². The number of halogens is 3. The highest BCUT2D eigenvalue weighted by atomic mass is 79.9. The van der Waals surface area contributed by atoms with Gasteiger partial charge in [-0.3, -0.25) is 0 Å². The third kappa shape index (κ3) is 2.75. The van der Waals surface area contributed by atoms with E-state index >= 15 is 0 Å². The second kappa shape index (κ2) is 5.68. The molecule has 3 rings (SSSR count). The van der Waals surface area contributed by atoms with Crippen LogP contribution in [0.5, 0.6) is 0 Å². The predicted octanol–water partition coefficient (Wildman–Crippen LogP) is 5.86. The summed E-state index contributed by atoms with van der Waals surface area (Å²) in [4.78, 5) is 5.83. The van der Waals surface area contributed by atoms with Crippen LogP contribution in [-0.2, 0) is 6.54 Å². The third-order valence-electron chi connectivity index (χ3n) is 3.04. The Morgan fingerprint density at radius 3 is 2.80 bits per heavy atom. The van der Waals surface area contributed by atoms with Crippen molar-refractivity contribution >= 4 is 61.5 Å². The van der Waals surface area contributed by atoms with E-state index in [9.17, 15) is 0 Å². The van der Waals surface area contributed by atoms with Crippen molar-refractivity contribution in [3.63, 3.8) is 0 Å². The molecule has 0 bridgehead atoms. The minimum Gasteiger partial charge on any atom is -0.321 e. The maximum Gasteiger partial charge on any atom is 0.128 e. The van der Waals surface area contributed by atoms with Crippen molar-refractivity contribution in [2.75, 3.05) is 0 Å². The summed E-state index contributed by atoms with van der Waals surface area (Å²) in [7, 11) is 0. The number of benzene rings is 1. The fraction of sp³-hybridized carbons (Fsp3) is 0.214. The molecule has 2 aromatic heterocycles. The van der Waals surface area contributed by atoms with E-state index in [1.165, 1.54) is 4.88 Å². The molecule has 104 valence electrons. The largest absolute Gasteiger partial charge is 0.321 e. The molecule has 20 heavy (non-hydrogen) atoms. The van der Waals surface area contributed by atoms with E-state index in [2.05, 4.69) is 31.5 Å². The smallest absolute Gasteiger partial charge is 0.128 e. The average molecular weight is 390 g/mol. The van der Waals surface area contributed by atoms with Gasteiger partial charge in [0.05, 0.1) is 27.3 Å². The van der Waals surface area contributed by atoms with Crippen LogP contribution in [0.25, 0.3) is 11.0 Å². The first-order valence-corrected chi connectivity index (χ1v) is 8.51. The van der Waals surface area contributed by atoms with Gasteiger partial charge in [-0.15, -0.1) is 22.9 Å². The number of rotatable bonds is 3. The van der Waals surface area contributed by atoms with Crippen LogP contribution >= 0.6 is 50.5 Å². The molecule has 0 saturated heterocycles. The van der Waals surface area contributed by atoms with Crippen molar-refractivity contribution in [2.45, 2.75) is 18.8 Å². The minimum atomic E-state index is -0.142. The van der Waals surface area contributed by atoms with E-state index in [0.29, 0.717) is 0 Å². The van der Waals surface area contributed by atoms with E-state index in [1.54, 1.807) is 11.3 Å². The standard InChI is InChI=1S/C14H11BrCl2N2S/c1-8(16)14-18-11-4-2-9(15)6-12(11)19(14)7-10-3-5-13(17)20-10/h2-6,8H,7H2,1H3. The highest BCUT2D eigenvalue weighted by Gasteiger charge is 2.16. The molecule has 0 aliphatic carbocycles. The molecule has 1 unspecified atom stereocenters. The molecule has 0 amide bonds. The first-order chi connectivity index (χ1) is 9.54. The maximum atomic E-state index is 6.27. The summed E-state index contributed by atoms with van der Waals surface area (Å²) in [5, 5.41) is -0.142. The van der Waals surface area contributed by atoms with Gasteiger partial charge in [-0.25, -0.2) is 4.98 Å². The molecule has 6 heteroatoms. The lowest BCUT2D eigenvalue weighted by molar-refractivity contribution is 0.750. The van der Waals surface area contributed by atoms with Crippen LogP contribution in [0.2, 0.25) is 4.34 Å². The minimum absolute atomic E-state index is 0.142. The zero-order valence-corrected chi connectivity index (χ0v) is 14.5. The zero-order chi connectivity index (χ0) is 14.3. The SMILES string of the molecule is CC(Cl)c1nc2ccc(Br)cc2n1Cc1ccc(Cl)s1. The van der Waals surface area contributed by atoms with Crippen LogP contribution in [-0.4, -0.2) is 9.55 Å². The number of fused-ring (bicyclic) bond motifs is 1. The molecule has 0 saturated carbocycles. The number of imidazole rings is 1. The number of alkyl halides is 1. The van der Waals surface area contributed by atoms with Gasteiger partial charge >= 0.3 is 0 Å². The first-order valence-electron chi connectivity index (χ1n) is 6.08. The number of nitrogens with zero attached hydrogens (tertiary/aromatic N) is 2. The van der Waals surface area contributed by atoms with E-state index < -0.39 is 0 Å². The fourth-order valence-corrected chi connectivity index (χ4v) is 3.77. The Morgan fingerprint density at radius 2 is 2.15 bits per heavy atom. The molecule has 3 aromatic rings. The Kier molecular flexibility index (Phi) is 4.09. The monoisotopic (exact) mass is 388 g/mol. The van der Waals surface area contributed by atoms with Crippen LogP contribution in [0.15, 0.2) is 34.8 Å². The van der Waals surface area contributed by atoms with Crippen LogP contribution in [0.3, 0.4) is 0 Å². The summed E-state index contributed by atoms with van der Waals surface area (Å²) in [6.45, 7) is 2.67. The molecule has 0 N–H and O–H groups in total. The summed E-state index contributed by atoms with van der Waals surface area (Å²) in [6, 6.07) is 10.0. The Hall–Kier alpha value is -0.550. The lowest BCUT2D eigenvalue weighted by Crippen LogP contribution is -2.04. The van der Waals surface area contributed by atoms with Crippen molar-refractivity contribution in [2.24, 2.45) is 0 Å². The Morgan fingerprint density at radius 1 is 1.35 bits per heavy atom. The molecular formula is C14H11BrCl2N2S. The predicted molar refractivity (Wildman–Crippen MR) is 90.1 cm³/mol. The van der Waals surface area contributed by atoms with E-state index in [-0.39, 0.29) is 5.38 Å². The molecule has 2 heterocycles. The summed E-state index contributed by atoms with van der Waals surface area (Å²) in [6.07, 6.45) is 0. The first kappa shape index (κ1) is 14.4. The van der Waals surface area contributed by atoms with E-state index in [1.807, 2.05) is 31.2 Å². The summed E-state index contributed by atoms with van der Waals surface area (Å²) in [5.74, 6) is 0.879. The van der Waals surface area contributed by atoms with Gasteiger partial charge in [0, 0.05) is 9.35 Å². The van der Waals surface area contributed by atoms with Crippen molar-refractivity contribution in [1.82, 2.24) is 9.55 Å². The number of hydrogen-bond donors (Lipinski definition) is 0. The zero-order valence-electron chi connectivity index (χ0n) is 10.6. The quantitative estimate of drug-likeness (QED) is 0.512. The van der Waals surface area contributed by atoms with Crippen LogP contribution in [0.4, 0.5) is 0 Å². The van der Waals surface area contributed by atoms with Crippen molar-refractivity contribution < 1.29 is 0 Å². The van der Waals surface area contributed by atoms with Gasteiger partial charge in [-0.1, -0.05) is 27.5 Å². The van der Waals surface area contributed by atoms with Gasteiger partial charge in [0.1, 0.15) is 5.82 Å². The molecule has 2 nitrogen and oxygen atoms in total. The topological polar surface area (TPSA) is 17.8 Å². The summed E-state index contributed by atoms with van der Waals surface area (Å²) in [5.41, 5.74) is 2.03. The van der Waals surface area contributed by atoms with E-state index in [0.717, 1.165) is 32.2 Å². The fourth-order valence-electron chi connectivity index (χ4n) is 2.18. The Labute approximate surface area is 139 Å². The van der Waals surface area contributed by atoms with Crippen molar-refractivity contribution in [3.8, 4) is 0 Å². The molecule has 0 radical (unpaired) electrons. The number of hydrogen-bond acceptors (Lipinski definition) is 2. The highest BCUT2D eigenvalue weighted by Crippen LogP contribution is 2.29. The Bertz CT molecular complexity index is 764. The van der Waals surface area contributed by atoms with Gasteiger partial charge in [0.15, 0.2) is 0 Å². The molecule has 1 atom stereocenters. The van der Waals surface area contributed by atoms with Crippen LogP contribution in [0.1, 0.15) is 23.0 Å². The normalized spacial score (nSPS) is 13.0. The summed E-state index contributed by atoms with van der Waals surface area (Å²) >= 11 is 17.4. The van der Waals surface area contributed by atoms with Gasteiger partial charge in [-0.2, -0.15) is 0 Å². The lowest BCUT2D eigenvalue weighted by Gasteiger charge is -2.09. The highest BCUT2D eigenvalue weighted by molar-refractivity contribution is 9.10. The van der Waals surface area contributed by atoms with Gasteiger partial charge in [0.25, 0.3) is 0 Å². The second-order valence-corrected chi connectivity index (χ2v) is 7.88. The lowest BCUT2D eigenvalue weighted by atomic mass is 10.3. The second-order valence-electron chi connectivity index (χ2n) is 4.51. The van der Waals surface area contributed by atoms with Crippen LogP contribution in [0, 0.1) is 0 Å². The molecular weight excluding hydrogens is 379 g/mol. The number of thiophene rings is 1. The van der Waals surface area contributed by atoms with Gasteiger partial charge in [-0.05, 0) is 37.3 Å². The molecule has 0 aliphatic heterocycles. The molecule has 0 spiro atoms. The summed E-state index contributed by atoms with van der Waals surface area (Å²) < 4.78 is 3.98. The van der Waals surface area contributed by atoms with E-state index in [4.69, 9.17) is 23.2 Å². The maximum absolute atomic E-state index is 6.27. The molecule has 0 aliphatic rings. The third-order valence-corrected chi connectivity index (χ3v) is 4.94. The van der Waals surface area contributed by atoms with Gasteiger partial charge < -0.3 is 4.57 Å². The molecule has 0 fully saturated rings. The van der Waals surface area contributed by atoms with Crippen LogP contribution < -0.4 is 0 Å². The Balaban J connectivity index is 2.15. The van der Waals surface area contributed by atoms with Crippen molar-refractivity contribution in [1.29, 1.82) is 0 Å². The molecule has 1 aromatic carbocycles.